The van der Waals surface area contributed by atoms with Gasteiger partial charge in [-0.1, -0.05) is 82.4 Å². The molecule has 2 heterocycles. The van der Waals surface area contributed by atoms with Crippen molar-refractivity contribution in [3.63, 3.8) is 0 Å². The zero-order valence-corrected chi connectivity index (χ0v) is 13.8. The van der Waals surface area contributed by atoms with E-state index >= 15 is 0 Å². The molecule has 2 aliphatic rings. The lowest BCUT2D eigenvalue weighted by atomic mass is 9.79. The summed E-state index contributed by atoms with van der Waals surface area (Å²) in [6, 6.07) is 21.2. The van der Waals surface area contributed by atoms with Crippen molar-refractivity contribution in [1.82, 2.24) is 0 Å². The molecule has 4 rings (SSSR count). The third kappa shape index (κ3) is 2.32. The highest BCUT2D eigenvalue weighted by Crippen LogP contribution is 2.57. The van der Waals surface area contributed by atoms with Gasteiger partial charge >= 0.3 is 7.12 Å². The monoisotopic (exact) mass is 310 g/mol. The number of hydrogen-bond donors (Lipinski definition) is 0. The Bertz CT molecular complexity index is 618. The minimum atomic E-state index is -0.234. The van der Waals surface area contributed by atoms with Crippen LogP contribution in [0.15, 0.2) is 60.7 Å². The molecule has 0 saturated carbocycles. The van der Waals surface area contributed by atoms with Crippen molar-refractivity contribution in [2.45, 2.75) is 37.4 Å². The van der Waals surface area contributed by atoms with E-state index in [0.717, 1.165) is 5.46 Å². The van der Waals surface area contributed by atoms with Gasteiger partial charge in [0.25, 0.3) is 0 Å². The van der Waals surface area contributed by atoms with Gasteiger partial charge in [0.05, 0.1) is 12.2 Å². The lowest BCUT2D eigenvalue weighted by molar-refractivity contribution is 0.170. The van der Waals surface area contributed by atoms with Gasteiger partial charge in [-0.3, -0.25) is 0 Å². The summed E-state index contributed by atoms with van der Waals surface area (Å²) in [5.74, 6) is 0. The van der Waals surface area contributed by atoms with Gasteiger partial charge in [-0.25, -0.2) is 0 Å². The van der Waals surface area contributed by atoms with Gasteiger partial charge in [-0.05, 0) is 10.8 Å². The molecule has 0 radical (unpaired) electrons. The van der Waals surface area contributed by atoms with E-state index in [2.05, 4.69) is 56.3 Å². The maximum Gasteiger partial charge on any atom is 0.494 e. The molecule has 2 fully saturated rings. The summed E-state index contributed by atoms with van der Waals surface area (Å²) in [6.07, 6.45) is 0.429. The van der Waals surface area contributed by atoms with Crippen LogP contribution in [0.3, 0.4) is 0 Å². The van der Waals surface area contributed by atoms with Gasteiger partial charge in [0.2, 0.25) is 0 Å². The van der Waals surface area contributed by atoms with Crippen molar-refractivity contribution < 1.29 is 9.31 Å². The zero-order valence-electron chi connectivity index (χ0n) is 12.9. The summed E-state index contributed by atoms with van der Waals surface area (Å²) in [4.78, 5) is 0. The molecule has 2 aromatic rings. The Morgan fingerprint density at radius 1 is 0.773 bits per heavy atom. The van der Waals surface area contributed by atoms with E-state index in [9.17, 15) is 0 Å². The first-order valence-corrected chi connectivity index (χ1v) is 9.43. The summed E-state index contributed by atoms with van der Waals surface area (Å²) >= 11 is 0. The molecule has 22 heavy (non-hydrogen) atoms. The molecule has 4 atom stereocenters. The Balaban J connectivity index is 1.57. The lowest BCUT2D eigenvalue weighted by Gasteiger charge is -2.24. The molecule has 0 aromatic heterocycles. The zero-order chi connectivity index (χ0) is 15.1. The molecule has 0 spiro atoms. The van der Waals surface area contributed by atoms with Crippen molar-refractivity contribution >= 4 is 25.8 Å². The molecule has 0 amide bonds. The Labute approximate surface area is 133 Å². The van der Waals surface area contributed by atoms with Gasteiger partial charge < -0.3 is 9.31 Å². The molecule has 2 saturated heterocycles. The minimum Gasteiger partial charge on any atom is -0.401 e. The summed E-state index contributed by atoms with van der Waals surface area (Å²) < 4.78 is 12.6. The van der Waals surface area contributed by atoms with Crippen LogP contribution in [0.4, 0.5) is 0 Å². The van der Waals surface area contributed by atoms with Gasteiger partial charge in [-0.15, -0.1) is 0 Å². The van der Waals surface area contributed by atoms with E-state index in [0.29, 0.717) is 11.3 Å². The molecule has 0 N–H and O–H groups in total. The Morgan fingerprint density at radius 3 is 1.82 bits per heavy atom. The molecule has 2 aliphatic heterocycles. The molecule has 112 valence electrons. The number of fused-ring (bicyclic) bond motifs is 1. The highest BCUT2D eigenvalue weighted by atomic mass is 31.1. The summed E-state index contributed by atoms with van der Waals surface area (Å²) in [5.41, 5.74) is 2.19. The van der Waals surface area contributed by atoms with E-state index < -0.39 is 0 Å². The highest BCUT2D eigenvalue weighted by Gasteiger charge is 2.54. The maximum absolute atomic E-state index is 6.30. The van der Waals surface area contributed by atoms with E-state index in [1.165, 1.54) is 5.30 Å². The largest absolute Gasteiger partial charge is 0.494 e. The predicted octanol–water partition coefficient (Wildman–Crippen LogP) is 2.76. The Kier molecular flexibility index (Phi) is 3.82. The lowest BCUT2D eigenvalue weighted by Crippen LogP contribution is -2.34. The minimum absolute atomic E-state index is 0.200. The number of rotatable bonds is 2. The van der Waals surface area contributed by atoms with Crippen LogP contribution in [-0.2, 0) is 9.31 Å². The van der Waals surface area contributed by atoms with Crippen LogP contribution in [-0.4, -0.2) is 30.6 Å². The topological polar surface area (TPSA) is 18.5 Å². The molecule has 2 aromatic carbocycles. The van der Waals surface area contributed by atoms with Gasteiger partial charge in [0.15, 0.2) is 0 Å². The first-order valence-electron chi connectivity index (χ1n) is 7.95. The summed E-state index contributed by atoms with van der Waals surface area (Å²) in [7, 11) is -0.434. The Hall–Kier alpha value is -1.15. The molecule has 4 unspecified atom stereocenters. The van der Waals surface area contributed by atoms with Crippen molar-refractivity contribution in [1.29, 1.82) is 0 Å². The standard InChI is InChI=1S/C18H20BO2P/c1-13-17-18(14(2)22(13)16-11-7-4-8-12-16)21-19(20-17)15-9-5-3-6-10-15/h3-14,17-18H,1-2H3. The van der Waals surface area contributed by atoms with E-state index in [4.69, 9.17) is 9.31 Å². The van der Waals surface area contributed by atoms with Crippen LogP contribution in [0.1, 0.15) is 13.8 Å². The van der Waals surface area contributed by atoms with Crippen molar-refractivity contribution in [2.24, 2.45) is 0 Å². The van der Waals surface area contributed by atoms with E-state index in [1.807, 2.05) is 18.2 Å². The fraction of sp³-hybridized carbons (Fsp3) is 0.333. The van der Waals surface area contributed by atoms with Crippen LogP contribution in [0.2, 0.25) is 0 Å². The molecular formula is C18H20BO2P. The number of hydrogen-bond acceptors (Lipinski definition) is 2. The normalized spacial score (nSPS) is 33.9. The summed E-state index contributed by atoms with van der Waals surface area (Å²) in [5, 5.41) is 1.47. The van der Waals surface area contributed by atoms with Crippen LogP contribution >= 0.6 is 7.92 Å². The Morgan fingerprint density at radius 2 is 1.27 bits per heavy atom. The molecule has 0 bridgehead atoms. The van der Waals surface area contributed by atoms with E-state index in [1.54, 1.807) is 0 Å². The quantitative estimate of drug-likeness (QED) is 0.627. The molecular weight excluding hydrogens is 290 g/mol. The van der Waals surface area contributed by atoms with Crippen molar-refractivity contribution in [3.05, 3.63) is 60.7 Å². The molecule has 2 nitrogen and oxygen atoms in total. The fourth-order valence-corrected chi connectivity index (χ4v) is 7.09. The second-order valence-corrected chi connectivity index (χ2v) is 9.13. The SMILES string of the molecule is CC1C2OB(c3ccccc3)OC2C(C)P1c1ccccc1. The molecule has 4 heteroatoms. The van der Waals surface area contributed by atoms with Gasteiger partial charge in [0, 0.05) is 11.3 Å². The fourth-order valence-electron chi connectivity index (χ4n) is 3.77. The first kappa shape index (κ1) is 14.4. The average Bonchev–Trinajstić information content (AvgIpc) is 3.10. The first-order chi connectivity index (χ1) is 10.8. The molecule has 0 aliphatic carbocycles. The van der Waals surface area contributed by atoms with Gasteiger partial charge in [0.1, 0.15) is 0 Å². The number of benzene rings is 2. The van der Waals surface area contributed by atoms with Crippen LogP contribution in [0.25, 0.3) is 0 Å². The van der Waals surface area contributed by atoms with Crippen molar-refractivity contribution in [2.75, 3.05) is 0 Å². The van der Waals surface area contributed by atoms with Crippen LogP contribution < -0.4 is 10.8 Å². The van der Waals surface area contributed by atoms with E-state index in [-0.39, 0.29) is 27.2 Å². The third-order valence-electron chi connectivity index (χ3n) is 4.84. The van der Waals surface area contributed by atoms with Crippen LogP contribution in [0.5, 0.6) is 0 Å². The summed E-state index contributed by atoms with van der Waals surface area (Å²) in [6.45, 7) is 4.66. The van der Waals surface area contributed by atoms with Crippen LogP contribution in [0, 0.1) is 0 Å². The average molecular weight is 310 g/mol. The third-order valence-corrected chi connectivity index (χ3v) is 8.08. The highest BCUT2D eigenvalue weighted by molar-refractivity contribution is 7.67. The predicted molar refractivity (Wildman–Crippen MR) is 93.5 cm³/mol. The van der Waals surface area contributed by atoms with Crippen molar-refractivity contribution in [3.8, 4) is 0 Å². The van der Waals surface area contributed by atoms with Gasteiger partial charge in [-0.2, -0.15) is 0 Å². The second-order valence-electron chi connectivity index (χ2n) is 6.17. The smallest absolute Gasteiger partial charge is 0.401 e. The second kappa shape index (κ2) is 5.81. The maximum atomic E-state index is 6.30.